The Labute approximate surface area is 99.9 Å². The maximum Gasteiger partial charge on any atom is 0.416 e. The topological polar surface area (TPSA) is 25.2 Å². The standard InChI is InChI=1S/C11H7ClF3NO/c12-9-5-7(11(13,14)15)1-2-10(9)16-4-3-8(17)6-16/h1-6,17H. The van der Waals surface area contributed by atoms with E-state index in [0.29, 0.717) is 5.69 Å². The third-order valence-electron chi connectivity index (χ3n) is 2.23. The molecule has 0 aliphatic heterocycles. The Hall–Kier alpha value is -1.62. The summed E-state index contributed by atoms with van der Waals surface area (Å²) in [6.45, 7) is 0. The van der Waals surface area contributed by atoms with Crippen molar-refractivity contribution in [2.75, 3.05) is 0 Å². The third kappa shape index (κ3) is 2.39. The Morgan fingerprint density at radius 1 is 1.18 bits per heavy atom. The minimum atomic E-state index is -4.42. The molecule has 2 nitrogen and oxygen atoms in total. The smallest absolute Gasteiger partial charge is 0.416 e. The second-order valence-corrected chi connectivity index (χ2v) is 3.85. The van der Waals surface area contributed by atoms with Gasteiger partial charge in [-0.3, -0.25) is 0 Å². The van der Waals surface area contributed by atoms with Gasteiger partial charge in [0.05, 0.1) is 22.5 Å². The van der Waals surface area contributed by atoms with Crippen LogP contribution in [0.4, 0.5) is 13.2 Å². The van der Waals surface area contributed by atoms with Gasteiger partial charge in [-0.2, -0.15) is 13.2 Å². The Morgan fingerprint density at radius 3 is 2.35 bits per heavy atom. The van der Waals surface area contributed by atoms with Crippen LogP contribution < -0.4 is 0 Å². The Bertz CT molecular complexity index is 548. The van der Waals surface area contributed by atoms with Crippen LogP contribution in [0.25, 0.3) is 5.69 Å². The molecule has 1 N–H and O–H groups in total. The van der Waals surface area contributed by atoms with Crippen LogP contribution in [0.1, 0.15) is 5.56 Å². The molecule has 2 aromatic rings. The van der Waals surface area contributed by atoms with Crippen LogP contribution in [0.15, 0.2) is 36.7 Å². The normalized spacial score (nSPS) is 11.8. The Balaban J connectivity index is 2.45. The lowest BCUT2D eigenvalue weighted by Crippen LogP contribution is -2.05. The van der Waals surface area contributed by atoms with Gasteiger partial charge in [-0.05, 0) is 24.3 Å². The molecular formula is C11H7ClF3NO. The molecule has 1 heterocycles. The molecular weight excluding hydrogens is 255 g/mol. The number of rotatable bonds is 1. The number of hydrogen-bond acceptors (Lipinski definition) is 1. The molecule has 1 aromatic heterocycles. The average Bonchev–Trinajstić information content (AvgIpc) is 2.63. The minimum absolute atomic E-state index is 0.0148. The Kier molecular flexibility index (Phi) is 2.79. The molecule has 90 valence electrons. The van der Waals surface area contributed by atoms with Gasteiger partial charge in [0.25, 0.3) is 0 Å². The minimum Gasteiger partial charge on any atom is -0.506 e. The van der Waals surface area contributed by atoms with E-state index in [-0.39, 0.29) is 10.8 Å². The number of hydrogen-bond donors (Lipinski definition) is 1. The monoisotopic (exact) mass is 261 g/mol. The van der Waals surface area contributed by atoms with E-state index in [1.165, 1.54) is 29.1 Å². The van der Waals surface area contributed by atoms with E-state index >= 15 is 0 Å². The summed E-state index contributed by atoms with van der Waals surface area (Å²) in [4.78, 5) is 0. The molecule has 0 aliphatic carbocycles. The van der Waals surface area contributed by atoms with Crippen molar-refractivity contribution in [1.82, 2.24) is 4.57 Å². The van der Waals surface area contributed by atoms with Crippen LogP contribution in [0.3, 0.4) is 0 Å². The summed E-state index contributed by atoms with van der Waals surface area (Å²) in [5.74, 6) is 0.0148. The highest BCUT2D eigenvalue weighted by Gasteiger charge is 2.30. The Morgan fingerprint density at radius 2 is 1.88 bits per heavy atom. The molecule has 0 unspecified atom stereocenters. The van der Waals surface area contributed by atoms with E-state index in [2.05, 4.69) is 0 Å². The molecule has 2 rings (SSSR count). The second-order valence-electron chi connectivity index (χ2n) is 3.44. The number of nitrogens with zero attached hydrogens (tertiary/aromatic N) is 1. The van der Waals surface area contributed by atoms with Gasteiger partial charge in [0, 0.05) is 6.20 Å². The van der Waals surface area contributed by atoms with Gasteiger partial charge in [0.1, 0.15) is 5.75 Å². The molecule has 0 spiro atoms. The van der Waals surface area contributed by atoms with Crippen LogP contribution in [0.2, 0.25) is 5.02 Å². The predicted molar refractivity (Wildman–Crippen MR) is 57.4 cm³/mol. The summed E-state index contributed by atoms with van der Waals surface area (Å²) in [6.07, 6.45) is -1.56. The maximum absolute atomic E-state index is 12.4. The highest BCUT2D eigenvalue weighted by atomic mass is 35.5. The van der Waals surface area contributed by atoms with Crippen molar-refractivity contribution >= 4 is 11.6 Å². The average molecular weight is 262 g/mol. The van der Waals surface area contributed by atoms with Gasteiger partial charge in [0.2, 0.25) is 0 Å². The molecule has 0 fully saturated rings. The summed E-state index contributed by atoms with van der Waals surface area (Å²) in [6, 6.07) is 4.46. The van der Waals surface area contributed by atoms with E-state index in [1.54, 1.807) is 0 Å². The van der Waals surface area contributed by atoms with Gasteiger partial charge in [-0.15, -0.1) is 0 Å². The molecule has 6 heteroatoms. The summed E-state index contributed by atoms with van der Waals surface area (Å²) >= 11 is 5.78. The predicted octanol–water partition coefficient (Wildman–Crippen LogP) is 3.86. The van der Waals surface area contributed by atoms with Crippen molar-refractivity contribution in [3.05, 3.63) is 47.2 Å². The van der Waals surface area contributed by atoms with Gasteiger partial charge < -0.3 is 9.67 Å². The van der Waals surface area contributed by atoms with E-state index in [0.717, 1.165) is 12.1 Å². The van der Waals surface area contributed by atoms with Crippen molar-refractivity contribution in [2.24, 2.45) is 0 Å². The lowest BCUT2D eigenvalue weighted by Gasteiger charge is -2.10. The molecule has 17 heavy (non-hydrogen) atoms. The first-order valence-corrected chi connectivity index (χ1v) is 5.00. The van der Waals surface area contributed by atoms with Crippen LogP contribution >= 0.6 is 11.6 Å². The molecule has 0 atom stereocenters. The van der Waals surface area contributed by atoms with Crippen LogP contribution in [-0.2, 0) is 6.18 Å². The zero-order valence-corrected chi connectivity index (χ0v) is 9.13. The SMILES string of the molecule is Oc1ccn(-c2ccc(C(F)(F)F)cc2Cl)c1. The fraction of sp³-hybridized carbons (Fsp3) is 0.0909. The first-order chi connectivity index (χ1) is 7.88. The van der Waals surface area contributed by atoms with Crippen molar-refractivity contribution in [1.29, 1.82) is 0 Å². The van der Waals surface area contributed by atoms with Crippen molar-refractivity contribution in [3.8, 4) is 11.4 Å². The van der Waals surface area contributed by atoms with Crippen LogP contribution in [0, 0.1) is 0 Å². The first-order valence-electron chi connectivity index (χ1n) is 4.62. The van der Waals surface area contributed by atoms with Gasteiger partial charge in [0.15, 0.2) is 0 Å². The highest BCUT2D eigenvalue weighted by molar-refractivity contribution is 6.32. The first kappa shape index (κ1) is 11.9. The summed E-state index contributed by atoms with van der Waals surface area (Å²) in [5, 5.41) is 9.11. The number of alkyl halides is 3. The number of aromatic hydroxyl groups is 1. The van der Waals surface area contributed by atoms with Crippen molar-refractivity contribution in [3.63, 3.8) is 0 Å². The lowest BCUT2D eigenvalue weighted by molar-refractivity contribution is -0.137. The number of aromatic nitrogens is 1. The quantitative estimate of drug-likeness (QED) is 0.829. The van der Waals surface area contributed by atoms with Crippen molar-refractivity contribution < 1.29 is 18.3 Å². The van der Waals surface area contributed by atoms with Crippen molar-refractivity contribution in [2.45, 2.75) is 6.18 Å². The van der Waals surface area contributed by atoms with Crippen LogP contribution in [0.5, 0.6) is 5.75 Å². The summed E-state index contributed by atoms with van der Waals surface area (Å²) < 4.78 is 38.6. The summed E-state index contributed by atoms with van der Waals surface area (Å²) in [7, 11) is 0. The molecule has 0 radical (unpaired) electrons. The van der Waals surface area contributed by atoms with E-state index in [9.17, 15) is 13.2 Å². The van der Waals surface area contributed by atoms with E-state index < -0.39 is 11.7 Å². The lowest BCUT2D eigenvalue weighted by atomic mass is 10.2. The molecule has 0 saturated carbocycles. The molecule has 0 bridgehead atoms. The fourth-order valence-electron chi connectivity index (χ4n) is 1.43. The van der Waals surface area contributed by atoms with Gasteiger partial charge in [-0.1, -0.05) is 11.6 Å². The van der Waals surface area contributed by atoms with E-state index in [4.69, 9.17) is 16.7 Å². The fourth-order valence-corrected chi connectivity index (χ4v) is 1.71. The molecule has 0 amide bonds. The maximum atomic E-state index is 12.4. The zero-order chi connectivity index (χ0) is 12.6. The second kappa shape index (κ2) is 4.00. The molecule has 0 saturated heterocycles. The number of halogens is 4. The van der Waals surface area contributed by atoms with Crippen LogP contribution in [-0.4, -0.2) is 9.67 Å². The van der Waals surface area contributed by atoms with Gasteiger partial charge in [-0.25, -0.2) is 0 Å². The molecule has 1 aromatic carbocycles. The summed E-state index contributed by atoms with van der Waals surface area (Å²) in [5.41, 5.74) is -0.428. The zero-order valence-electron chi connectivity index (χ0n) is 8.37. The largest absolute Gasteiger partial charge is 0.506 e. The third-order valence-corrected chi connectivity index (χ3v) is 2.53. The molecule has 0 aliphatic rings. The number of benzene rings is 1. The van der Waals surface area contributed by atoms with Gasteiger partial charge >= 0.3 is 6.18 Å². The highest BCUT2D eigenvalue weighted by Crippen LogP contribution is 2.33. The van der Waals surface area contributed by atoms with E-state index in [1.807, 2.05) is 0 Å².